The molecule has 0 amide bonds. The molecule has 1 fully saturated rings. The van der Waals surface area contributed by atoms with E-state index in [0.29, 0.717) is 4.73 Å². The second-order valence-electron chi connectivity index (χ2n) is 5.58. The van der Waals surface area contributed by atoms with Crippen LogP contribution in [0.25, 0.3) is 0 Å². The molecule has 0 bridgehead atoms. The Morgan fingerprint density at radius 1 is 1.21 bits per heavy atom. The van der Waals surface area contributed by atoms with Crippen molar-refractivity contribution in [2.24, 2.45) is 5.92 Å². The second-order valence-corrected chi connectivity index (χ2v) is 6.29. The lowest BCUT2D eigenvalue weighted by Gasteiger charge is -2.24. The summed E-state index contributed by atoms with van der Waals surface area (Å²) in [7, 11) is 0. The van der Waals surface area contributed by atoms with Crippen LogP contribution in [-0.2, 0) is 13.0 Å². The van der Waals surface area contributed by atoms with Gasteiger partial charge in [0.15, 0.2) is 4.73 Å². The third kappa shape index (κ3) is 3.26. The molecule has 1 aliphatic heterocycles. The van der Waals surface area contributed by atoms with Crippen molar-refractivity contribution in [1.29, 1.82) is 0 Å². The molecule has 1 aliphatic carbocycles. The fourth-order valence-corrected chi connectivity index (χ4v) is 3.48. The predicted molar refractivity (Wildman–Crippen MR) is 80.2 cm³/mol. The maximum atomic E-state index is 4.53. The van der Waals surface area contributed by atoms with Gasteiger partial charge in [0.2, 0.25) is 0 Å². The molecule has 1 saturated carbocycles. The Balaban J connectivity index is 1.70. The number of rotatable bonds is 3. The molecule has 0 radical (unpaired) electrons. The molecule has 0 aromatic carbocycles. The molecule has 5 heteroatoms. The van der Waals surface area contributed by atoms with Crippen molar-refractivity contribution in [3.8, 4) is 0 Å². The molecule has 2 heterocycles. The highest BCUT2D eigenvalue weighted by atomic mass is 79.9. The zero-order valence-electron chi connectivity index (χ0n) is 11.2. The van der Waals surface area contributed by atoms with Crippen LogP contribution < -0.4 is 10.6 Å². The summed E-state index contributed by atoms with van der Waals surface area (Å²) in [5.41, 5.74) is 2.44. The fourth-order valence-electron chi connectivity index (χ4n) is 3.09. The zero-order valence-corrected chi connectivity index (χ0v) is 12.8. The van der Waals surface area contributed by atoms with Crippen LogP contribution >= 0.6 is 15.9 Å². The highest BCUT2D eigenvalue weighted by Gasteiger charge is 2.18. The lowest BCUT2D eigenvalue weighted by Crippen LogP contribution is -2.27. The van der Waals surface area contributed by atoms with Crippen LogP contribution in [0.15, 0.2) is 4.73 Å². The van der Waals surface area contributed by atoms with Crippen LogP contribution in [0.1, 0.15) is 43.4 Å². The van der Waals surface area contributed by atoms with E-state index in [-0.39, 0.29) is 0 Å². The highest BCUT2D eigenvalue weighted by molar-refractivity contribution is 9.10. The molecule has 2 N–H and O–H groups in total. The van der Waals surface area contributed by atoms with Crippen molar-refractivity contribution >= 4 is 21.7 Å². The first-order valence-electron chi connectivity index (χ1n) is 7.33. The number of nitrogens with zero attached hydrogens (tertiary/aromatic N) is 2. The van der Waals surface area contributed by atoms with Gasteiger partial charge in [-0.3, -0.25) is 0 Å². The van der Waals surface area contributed by atoms with Crippen LogP contribution in [0.2, 0.25) is 0 Å². The normalized spacial score (nSPS) is 20.1. The Morgan fingerprint density at radius 3 is 2.89 bits per heavy atom. The summed E-state index contributed by atoms with van der Waals surface area (Å²) < 4.78 is 0.708. The third-order valence-corrected chi connectivity index (χ3v) is 4.54. The number of nitrogens with one attached hydrogen (secondary N) is 2. The summed E-state index contributed by atoms with van der Waals surface area (Å²) in [6, 6.07) is 0. The van der Waals surface area contributed by atoms with E-state index in [4.69, 9.17) is 0 Å². The topological polar surface area (TPSA) is 49.8 Å². The van der Waals surface area contributed by atoms with Gasteiger partial charge in [-0.1, -0.05) is 19.3 Å². The van der Waals surface area contributed by atoms with E-state index in [1.807, 2.05) is 0 Å². The molecule has 3 rings (SSSR count). The van der Waals surface area contributed by atoms with E-state index in [1.54, 1.807) is 0 Å². The van der Waals surface area contributed by atoms with Crippen LogP contribution in [0, 0.1) is 5.92 Å². The average molecular weight is 325 g/mol. The molecule has 1 aromatic rings. The Morgan fingerprint density at radius 2 is 2.05 bits per heavy atom. The molecule has 104 valence electrons. The van der Waals surface area contributed by atoms with Crippen molar-refractivity contribution in [3.63, 3.8) is 0 Å². The number of fused-ring (bicyclic) bond motifs is 1. The van der Waals surface area contributed by atoms with Crippen molar-refractivity contribution in [1.82, 2.24) is 15.3 Å². The standard InChI is InChI=1S/C14H21BrN4/c15-14-18-12-6-7-16-9-11(12)13(19-14)17-8-10-4-2-1-3-5-10/h10,16H,1-9H2,(H,17,18,19). The van der Waals surface area contributed by atoms with Crippen molar-refractivity contribution in [2.75, 3.05) is 18.4 Å². The van der Waals surface area contributed by atoms with Crippen molar-refractivity contribution in [3.05, 3.63) is 16.0 Å². The van der Waals surface area contributed by atoms with E-state index in [9.17, 15) is 0 Å². The molecular weight excluding hydrogens is 304 g/mol. The highest BCUT2D eigenvalue weighted by Crippen LogP contribution is 2.26. The van der Waals surface area contributed by atoms with Crippen LogP contribution in [0.3, 0.4) is 0 Å². The first-order chi connectivity index (χ1) is 9.33. The molecule has 0 atom stereocenters. The summed E-state index contributed by atoms with van der Waals surface area (Å²) >= 11 is 3.42. The maximum absolute atomic E-state index is 4.53. The van der Waals surface area contributed by atoms with E-state index in [2.05, 4.69) is 36.5 Å². The number of hydrogen-bond donors (Lipinski definition) is 2. The Kier molecular flexibility index (Phi) is 4.33. The minimum Gasteiger partial charge on any atom is -0.369 e. The van der Waals surface area contributed by atoms with Gasteiger partial charge in [-0.05, 0) is 34.7 Å². The van der Waals surface area contributed by atoms with Crippen LogP contribution in [0.5, 0.6) is 0 Å². The van der Waals surface area contributed by atoms with Crippen molar-refractivity contribution in [2.45, 2.75) is 45.1 Å². The summed E-state index contributed by atoms with van der Waals surface area (Å²) in [5, 5.41) is 6.97. The first kappa shape index (κ1) is 13.3. The largest absolute Gasteiger partial charge is 0.369 e. The predicted octanol–water partition coefficient (Wildman–Crippen LogP) is 2.88. The molecular formula is C14H21BrN4. The Bertz CT molecular complexity index is 443. The van der Waals surface area contributed by atoms with E-state index >= 15 is 0 Å². The van der Waals surface area contributed by atoms with Gasteiger partial charge in [-0.15, -0.1) is 0 Å². The van der Waals surface area contributed by atoms with Gasteiger partial charge in [0, 0.05) is 31.6 Å². The number of halogens is 1. The first-order valence-corrected chi connectivity index (χ1v) is 8.12. The van der Waals surface area contributed by atoms with Gasteiger partial charge < -0.3 is 10.6 Å². The van der Waals surface area contributed by atoms with Gasteiger partial charge >= 0.3 is 0 Å². The second kappa shape index (κ2) is 6.18. The summed E-state index contributed by atoms with van der Waals surface area (Å²) in [6.45, 7) is 2.95. The van der Waals surface area contributed by atoms with Gasteiger partial charge in [-0.2, -0.15) is 0 Å². The minimum absolute atomic E-state index is 0.708. The molecule has 2 aliphatic rings. The molecule has 0 saturated heterocycles. The van der Waals surface area contributed by atoms with E-state index in [1.165, 1.54) is 43.4 Å². The quantitative estimate of drug-likeness (QED) is 0.839. The van der Waals surface area contributed by atoms with Crippen molar-refractivity contribution < 1.29 is 0 Å². The number of aromatic nitrogens is 2. The summed E-state index contributed by atoms with van der Waals surface area (Å²) in [6.07, 6.45) is 7.90. The van der Waals surface area contributed by atoms with Gasteiger partial charge in [0.1, 0.15) is 5.82 Å². The third-order valence-electron chi connectivity index (χ3n) is 4.19. The molecule has 0 spiro atoms. The van der Waals surface area contributed by atoms with Crippen LogP contribution in [0.4, 0.5) is 5.82 Å². The van der Waals surface area contributed by atoms with E-state index < -0.39 is 0 Å². The Hall–Kier alpha value is -0.680. The van der Waals surface area contributed by atoms with Gasteiger partial charge in [0.05, 0.1) is 5.69 Å². The molecule has 4 nitrogen and oxygen atoms in total. The van der Waals surface area contributed by atoms with E-state index in [0.717, 1.165) is 37.8 Å². The lowest BCUT2D eigenvalue weighted by atomic mass is 9.89. The van der Waals surface area contributed by atoms with Gasteiger partial charge in [0.25, 0.3) is 0 Å². The Labute approximate surface area is 122 Å². The monoisotopic (exact) mass is 324 g/mol. The zero-order chi connectivity index (χ0) is 13.1. The molecule has 0 unspecified atom stereocenters. The lowest BCUT2D eigenvalue weighted by molar-refractivity contribution is 0.373. The smallest absolute Gasteiger partial charge is 0.198 e. The average Bonchev–Trinajstić information content (AvgIpc) is 2.45. The SMILES string of the molecule is Brc1nc2c(c(NCC3CCCCC3)n1)CNCC2. The number of anilines is 1. The van der Waals surface area contributed by atoms with Gasteiger partial charge in [-0.25, -0.2) is 9.97 Å². The van der Waals surface area contributed by atoms with Crippen LogP contribution in [-0.4, -0.2) is 23.1 Å². The molecule has 19 heavy (non-hydrogen) atoms. The maximum Gasteiger partial charge on any atom is 0.198 e. The number of hydrogen-bond acceptors (Lipinski definition) is 4. The molecule has 1 aromatic heterocycles. The minimum atomic E-state index is 0.708. The summed E-state index contributed by atoms with van der Waals surface area (Å²) in [4.78, 5) is 9.02. The summed E-state index contributed by atoms with van der Waals surface area (Å²) in [5.74, 6) is 1.84. The fraction of sp³-hybridized carbons (Fsp3) is 0.714.